The average Bonchev–Trinajstić information content (AvgIpc) is 2.52. The maximum absolute atomic E-state index is 12.5. The Morgan fingerprint density at radius 3 is 2.35 bits per heavy atom. The fourth-order valence-electron chi connectivity index (χ4n) is 3.15. The molecule has 0 aliphatic carbocycles. The minimum absolute atomic E-state index is 0. The Morgan fingerprint density at radius 1 is 1.09 bits per heavy atom. The highest BCUT2D eigenvalue weighted by Crippen LogP contribution is 2.18. The molecule has 0 aromatic heterocycles. The lowest BCUT2D eigenvalue weighted by molar-refractivity contribution is -0.906. The van der Waals surface area contributed by atoms with Gasteiger partial charge in [-0.05, 0) is 49.9 Å². The second kappa shape index (κ2) is 10.3. The first-order chi connectivity index (χ1) is 10.6. The molecule has 0 amide bonds. The SMILES string of the molecule is CCCCCOc1ccc(C(=O)C[N+]2(C)CCCCC2)cc1.[I-]. The number of carbonyl (C=O) groups excluding carboxylic acids is 1. The summed E-state index contributed by atoms with van der Waals surface area (Å²) < 4.78 is 6.59. The molecule has 1 saturated heterocycles. The molecular formula is C19H30INO2. The molecule has 1 heterocycles. The van der Waals surface area contributed by atoms with Crippen molar-refractivity contribution in [1.29, 1.82) is 0 Å². The van der Waals surface area contributed by atoms with Crippen LogP contribution < -0.4 is 28.7 Å². The molecule has 0 saturated carbocycles. The van der Waals surface area contributed by atoms with E-state index in [0.717, 1.165) is 41.9 Å². The largest absolute Gasteiger partial charge is 1.00 e. The predicted molar refractivity (Wildman–Crippen MR) is 90.4 cm³/mol. The number of hydrogen-bond acceptors (Lipinski definition) is 2. The van der Waals surface area contributed by atoms with Crippen LogP contribution in [0.25, 0.3) is 0 Å². The highest BCUT2D eigenvalue weighted by atomic mass is 127. The zero-order valence-corrected chi connectivity index (χ0v) is 16.7. The molecule has 3 nitrogen and oxygen atoms in total. The summed E-state index contributed by atoms with van der Waals surface area (Å²) in [5.41, 5.74) is 0.811. The first-order valence-electron chi connectivity index (χ1n) is 8.72. The Balaban J connectivity index is 0.00000264. The van der Waals surface area contributed by atoms with E-state index in [1.165, 1.54) is 32.1 Å². The molecule has 1 aromatic carbocycles. The smallest absolute Gasteiger partial charge is 0.216 e. The lowest BCUT2D eigenvalue weighted by Gasteiger charge is -2.37. The average molecular weight is 431 g/mol. The number of ether oxygens (including phenoxy) is 1. The number of halogens is 1. The standard InChI is InChI=1S/C19H30NO2.HI/c1-3-4-8-15-22-18-11-9-17(10-12-18)19(21)16-20(2)13-6-5-7-14-20;/h9-12H,3-8,13-16H2,1-2H3;1H/q+1;/p-1. The van der Waals surface area contributed by atoms with Crippen molar-refractivity contribution in [2.24, 2.45) is 0 Å². The number of piperidine rings is 1. The number of likely N-dealkylation sites (tertiary alicyclic amines) is 1. The first-order valence-corrected chi connectivity index (χ1v) is 8.72. The van der Waals surface area contributed by atoms with E-state index >= 15 is 0 Å². The molecule has 2 rings (SSSR count). The number of carbonyl (C=O) groups is 1. The molecule has 4 heteroatoms. The summed E-state index contributed by atoms with van der Waals surface area (Å²) in [4.78, 5) is 12.5. The van der Waals surface area contributed by atoms with Crippen molar-refractivity contribution in [3.63, 3.8) is 0 Å². The van der Waals surface area contributed by atoms with E-state index in [0.29, 0.717) is 6.54 Å². The Hall–Kier alpha value is -0.620. The van der Waals surface area contributed by atoms with Crippen LogP contribution in [0.3, 0.4) is 0 Å². The topological polar surface area (TPSA) is 26.3 Å². The molecule has 0 atom stereocenters. The van der Waals surface area contributed by atoms with Crippen molar-refractivity contribution in [2.45, 2.75) is 45.4 Å². The van der Waals surface area contributed by atoms with Gasteiger partial charge in [-0.1, -0.05) is 19.8 Å². The van der Waals surface area contributed by atoms with E-state index in [2.05, 4.69) is 14.0 Å². The van der Waals surface area contributed by atoms with Gasteiger partial charge in [-0.3, -0.25) is 4.79 Å². The van der Waals surface area contributed by atoms with Crippen LogP contribution in [0.1, 0.15) is 55.8 Å². The van der Waals surface area contributed by atoms with Crippen molar-refractivity contribution in [3.8, 4) is 5.75 Å². The summed E-state index contributed by atoms with van der Waals surface area (Å²) in [6.45, 7) is 5.83. The zero-order chi connectivity index (χ0) is 15.8. The summed E-state index contributed by atoms with van der Waals surface area (Å²) in [7, 11) is 2.21. The Labute approximate surface area is 158 Å². The Bertz CT molecular complexity index is 467. The molecule has 23 heavy (non-hydrogen) atoms. The van der Waals surface area contributed by atoms with Crippen LogP contribution >= 0.6 is 0 Å². The molecule has 1 aromatic rings. The van der Waals surface area contributed by atoms with E-state index in [-0.39, 0.29) is 29.8 Å². The summed E-state index contributed by atoms with van der Waals surface area (Å²) in [5, 5.41) is 0. The van der Waals surface area contributed by atoms with E-state index in [1.54, 1.807) is 0 Å². The van der Waals surface area contributed by atoms with Gasteiger partial charge in [-0.2, -0.15) is 0 Å². The van der Waals surface area contributed by atoms with Gasteiger partial charge >= 0.3 is 0 Å². The van der Waals surface area contributed by atoms with Gasteiger partial charge < -0.3 is 33.2 Å². The van der Waals surface area contributed by atoms with Crippen LogP contribution in [0.4, 0.5) is 0 Å². The van der Waals surface area contributed by atoms with E-state index in [9.17, 15) is 4.79 Å². The maximum Gasteiger partial charge on any atom is 0.216 e. The van der Waals surface area contributed by atoms with Crippen LogP contribution in [0.2, 0.25) is 0 Å². The number of hydrogen-bond donors (Lipinski definition) is 0. The van der Waals surface area contributed by atoms with E-state index in [1.807, 2.05) is 24.3 Å². The van der Waals surface area contributed by atoms with Gasteiger partial charge in [0.2, 0.25) is 5.78 Å². The first kappa shape index (κ1) is 20.4. The van der Waals surface area contributed by atoms with Gasteiger partial charge in [0.05, 0.1) is 26.7 Å². The fourth-order valence-corrected chi connectivity index (χ4v) is 3.15. The van der Waals surface area contributed by atoms with E-state index in [4.69, 9.17) is 4.74 Å². The van der Waals surface area contributed by atoms with Gasteiger partial charge in [-0.15, -0.1) is 0 Å². The molecule has 0 bridgehead atoms. The lowest BCUT2D eigenvalue weighted by atomic mass is 10.1. The molecule has 1 fully saturated rings. The second-order valence-corrected chi connectivity index (χ2v) is 6.79. The number of rotatable bonds is 8. The number of ketones is 1. The van der Waals surface area contributed by atoms with E-state index < -0.39 is 0 Å². The van der Waals surface area contributed by atoms with Crippen LogP contribution in [0, 0.1) is 0 Å². The minimum Gasteiger partial charge on any atom is -1.00 e. The monoisotopic (exact) mass is 431 g/mol. The third kappa shape index (κ3) is 6.79. The summed E-state index contributed by atoms with van der Waals surface area (Å²) in [6, 6.07) is 7.67. The highest BCUT2D eigenvalue weighted by molar-refractivity contribution is 5.97. The molecule has 1 aliphatic rings. The van der Waals surface area contributed by atoms with Gasteiger partial charge in [0.15, 0.2) is 0 Å². The van der Waals surface area contributed by atoms with Crippen molar-refractivity contribution in [3.05, 3.63) is 29.8 Å². The molecule has 0 spiro atoms. The number of Topliss-reactive ketones (excluding diaryl/α,β-unsaturated/α-hetero) is 1. The van der Waals surface area contributed by atoms with Crippen LogP contribution in [-0.2, 0) is 0 Å². The fraction of sp³-hybridized carbons (Fsp3) is 0.632. The van der Waals surface area contributed by atoms with Crippen LogP contribution in [0.15, 0.2) is 24.3 Å². The van der Waals surface area contributed by atoms with Gasteiger partial charge in [0, 0.05) is 5.56 Å². The normalized spacial score (nSPS) is 16.4. The number of nitrogens with zero attached hydrogens (tertiary/aromatic N) is 1. The number of quaternary nitrogens is 1. The highest BCUT2D eigenvalue weighted by Gasteiger charge is 2.28. The Kier molecular flexibility index (Phi) is 9.14. The minimum atomic E-state index is 0. The summed E-state index contributed by atoms with van der Waals surface area (Å²) in [6.07, 6.45) is 7.29. The molecule has 0 N–H and O–H groups in total. The molecule has 0 unspecified atom stereocenters. The molecular weight excluding hydrogens is 401 g/mol. The third-order valence-electron chi connectivity index (χ3n) is 4.61. The third-order valence-corrected chi connectivity index (χ3v) is 4.61. The second-order valence-electron chi connectivity index (χ2n) is 6.79. The van der Waals surface area contributed by atoms with Gasteiger partial charge in [0.1, 0.15) is 12.3 Å². The number of likely N-dealkylation sites (N-methyl/N-ethyl adjacent to an activating group) is 1. The van der Waals surface area contributed by atoms with Crippen LogP contribution in [-0.4, -0.2) is 43.6 Å². The summed E-state index contributed by atoms with van der Waals surface area (Å²) >= 11 is 0. The molecule has 1 aliphatic heterocycles. The van der Waals surface area contributed by atoms with Crippen LogP contribution in [0.5, 0.6) is 5.75 Å². The Morgan fingerprint density at radius 2 is 1.74 bits per heavy atom. The lowest BCUT2D eigenvalue weighted by Crippen LogP contribution is -3.00. The summed E-state index contributed by atoms with van der Waals surface area (Å²) in [5.74, 6) is 1.12. The maximum atomic E-state index is 12.5. The quantitative estimate of drug-likeness (QED) is 0.267. The molecule has 130 valence electrons. The van der Waals surface area contributed by atoms with Crippen molar-refractivity contribution in [1.82, 2.24) is 0 Å². The molecule has 0 radical (unpaired) electrons. The number of benzene rings is 1. The zero-order valence-electron chi connectivity index (χ0n) is 14.5. The predicted octanol–water partition coefficient (Wildman–Crippen LogP) is 1.07. The number of unbranched alkanes of at least 4 members (excludes halogenated alkanes) is 2. The van der Waals surface area contributed by atoms with Crippen molar-refractivity contribution in [2.75, 3.05) is 33.3 Å². The van der Waals surface area contributed by atoms with Crippen molar-refractivity contribution < 1.29 is 38.0 Å². The van der Waals surface area contributed by atoms with Crippen molar-refractivity contribution >= 4 is 5.78 Å². The van der Waals surface area contributed by atoms with Gasteiger partial charge in [0.25, 0.3) is 0 Å². The van der Waals surface area contributed by atoms with Gasteiger partial charge in [-0.25, -0.2) is 0 Å².